The summed E-state index contributed by atoms with van der Waals surface area (Å²) in [5.41, 5.74) is -0.582. The van der Waals surface area contributed by atoms with Gasteiger partial charge in [-0.05, 0) is 20.8 Å². The van der Waals surface area contributed by atoms with Gasteiger partial charge in [0, 0.05) is 26.2 Å². The number of hydrogen-bond donors (Lipinski definition) is 1. The quantitative estimate of drug-likeness (QED) is 0.612. The van der Waals surface area contributed by atoms with Gasteiger partial charge in [-0.3, -0.25) is 4.79 Å². The predicted octanol–water partition coefficient (Wildman–Crippen LogP) is 1.60. The van der Waals surface area contributed by atoms with Gasteiger partial charge in [-0.15, -0.1) is 0 Å². The van der Waals surface area contributed by atoms with Crippen molar-refractivity contribution in [3.05, 3.63) is 0 Å². The second-order valence-corrected chi connectivity index (χ2v) is 4.95. The van der Waals surface area contributed by atoms with E-state index in [0.29, 0.717) is 13.1 Å². The summed E-state index contributed by atoms with van der Waals surface area (Å²) in [4.78, 5) is 24.5. The van der Waals surface area contributed by atoms with Gasteiger partial charge in [0.2, 0.25) is 6.79 Å². The first kappa shape index (κ1) is 17.7. The lowest BCUT2D eigenvalue weighted by Gasteiger charge is -2.26. The molecule has 0 aliphatic carbocycles. The van der Waals surface area contributed by atoms with E-state index in [1.165, 1.54) is 0 Å². The molecule has 1 aliphatic rings. The van der Waals surface area contributed by atoms with Crippen molar-refractivity contribution in [3.63, 3.8) is 0 Å². The maximum absolute atomic E-state index is 11.5. The number of piperazine rings is 1. The van der Waals surface area contributed by atoms with Crippen molar-refractivity contribution in [1.29, 1.82) is 0 Å². The fourth-order valence-corrected chi connectivity index (χ4v) is 1.29. The first-order valence-corrected chi connectivity index (χ1v) is 6.71. The number of ether oxygens (including phenoxy) is 2. The molecule has 1 heterocycles. The lowest BCUT2D eigenvalue weighted by molar-refractivity contribution is -0.161. The van der Waals surface area contributed by atoms with E-state index in [2.05, 4.69) is 5.32 Å². The lowest BCUT2D eigenvalue weighted by Crippen LogP contribution is -2.46. The molecule has 1 N–H and O–H groups in total. The highest BCUT2D eigenvalue weighted by Crippen LogP contribution is 2.14. The summed E-state index contributed by atoms with van der Waals surface area (Å²) >= 11 is 0. The normalized spacial score (nSPS) is 15.1. The molecule has 6 nitrogen and oxygen atoms in total. The highest BCUT2D eigenvalue weighted by atomic mass is 16.7. The van der Waals surface area contributed by atoms with Gasteiger partial charge in [-0.25, -0.2) is 4.79 Å². The number of nitrogens with one attached hydrogen (secondary N) is 1. The summed E-state index contributed by atoms with van der Waals surface area (Å²) < 4.78 is 9.71. The number of carbonyl (C=O) groups is 2. The summed E-state index contributed by atoms with van der Waals surface area (Å²) in [5.74, 6) is -0.384. The van der Waals surface area contributed by atoms with Crippen LogP contribution in [0.4, 0.5) is 4.79 Å². The highest BCUT2D eigenvalue weighted by molar-refractivity contribution is 5.75. The van der Waals surface area contributed by atoms with Crippen LogP contribution in [0.3, 0.4) is 0 Å². The molecule has 0 saturated carbocycles. The van der Waals surface area contributed by atoms with Crippen LogP contribution in [0.2, 0.25) is 0 Å². The van der Waals surface area contributed by atoms with Crippen molar-refractivity contribution < 1.29 is 19.1 Å². The molecule has 19 heavy (non-hydrogen) atoms. The number of amides is 1. The van der Waals surface area contributed by atoms with Gasteiger partial charge in [0.1, 0.15) is 0 Å². The standard InChI is InChI=1S/C11H20N2O4.C2H6/c1-11(2,3)9(14)16-8-17-10(15)13-6-4-12-5-7-13;1-2/h12H,4-8H2,1-3H3;1-2H3. The van der Waals surface area contributed by atoms with Gasteiger partial charge >= 0.3 is 12.1 Å². The smallest absolute Gasteiger partial charge is 0.412 e. The molecular formula is C13H26N2O4. The Morgan fingerprint density at radius 2 is 1.63 bits per heavy atom. The Labute approximate surface area is 115 Å². The number of esters is 1. The Morgan fingerprint density at radius 1 is 1.11 bits per heavy atom. The van der Waals surface area contributed by atoms with Gasteiger partial charge in [-0.2, -0.15) is 0 Å². The molecule has 0 aromatic rings. The van der Waals surface area contributed by atoms with Crippen LogP contribution in [0.25, 0.3) is 0 Å². The number of carbonyl (C=O) groups excluding carboxylic acids is 2. The first-order valence-electron chi connectivity index (χ1n) is 6.71. The van der Waals surface area contributed by atoms with Crippen molar-refractivity contribution in [2.75, 3.05) is 33.0 Å². The molecule has 0 spiro atoms. The minimum Gasteiger partial charge on any atom is -0.427 e. The highest BCUT2D eigenvalue weighted by Gasteiger charge is 2.24. The van der Waals surface area contributed by atoms with Gasteiger partial charge in [0.05, 0.1) is 5.41 Å². The lowest BCUT2D eigenvalue weighted by atomic mass is 9.98. The molecule has 0 radical (unpaired) electrons. The third kappa shape index (κ3) is 7.00. The van der Waals surface area contributed by atoms with E-state index in [9.17, 15) is 9.59 Å². The maximum atomic E-state index is 11.5. The van der Waals surface area contributed by atoms with Crippen LogP contribution in [0, 0.1) is 5.41 Å². The summed E-state index contributed by atoms with van der Waals surface area (Å²) in [5, 5.41) is 3.13. The fraction of sp³-hybridized carbons (Fsp3) is 0.846. The Morgan fingerprint density at radius 3 is 2.11 bits per heavy atom. The maximum Gasteiger partial charge on any atom is 0.412 e. The average Bonchev–Trinajstić information content (AvgIpc) is 2.40. The summed E-state index contributed by atoms with van der Waals surface area (Å²) in [6, 6.07) is 0. The SMILES string of the molecule is CC.CC(C)(C)C(=O)OCOC(=O)N1CCNCC1. The Bertz CT molecular complexity index is 281. The number of nitrogens with zero attached hydrogens (tertiary/aromatic N) is 1. The summed E-state index contributed by atoms with van der Waals surface area (Å²) in [7, 11) is 0. The summed E-state index contributed by atoms with van der Waals surface area (Å²) in [6.45, 7) is 11.7. The Balaban J connectivity index is 0.00000154. The number of rotatable bonds is 2. The fourth-order valence-electron chi connectivity index (χ4n) is 1.29. The molecular weight excluding hydrogens is 248 g/mol. The Kier molecular flexibility index (Phi) is 8.14. The monoisotopic (exact) mass is 274 g/mol. The molecule has 0 bridgehead atoms. The summed E-state index contributed by atoms with van der Waals surface area (Å²) in [6.07, 6.45) is -0.437. The van der Waals surface area contributed by atoms with Crippen molar-refractivity contribution in [1.82, 2.24) is 10.2 Å². The third-order valence-electron chi connectivity index (χ3n) is 2.36. The topological polar surface area (TPSA) is 67.9 Å². The molecule has 1 fully saturated rings. The van der Waals surface area contributed by atoms with E-state index in [1.54, 1.807) is 25.7 Å². The van der Waals surface area contributed by atoms with Crippen molar-refractivity contribution in [2.24, 2.45) is 5.41 Å². The number of hydrogen-bond acceptors (Lipinski definition) is 5. The van der Waals surface area contributed by atoms with Crippen LogP contribution >= 0.6 is 0 Å². The van der Waals surface area contributed by atoms with Gasteiger partial charge in [-0.1, -0.05) is 13.8 Å². The zero-order valence-electron chi connectivity index (χ0n) is 12.6. The predicted molar refractivity (Wildman–Crippen MR) is 72.7 cm³/mol. The van der Waals surface area contributed by atoms with Crippen LogP contribution in [0.1, 0.15) is 34.6 Å². The molecule has 1 aliphatic heterocycles. The first-order chi connectivity index (χ1) is 8.91. The molecule has 0 aromatic carbocycles. The second kappa shape index (κ2) is 8.74. The van der Waals surface area contributed by atoms with Gasteiger partial charge < -0.3 is 19.7 Å². The van der Waals surface area contributed by atoms with Crippen molar-refractivity contribution in [3.8, 4) is 0 Å². The second-order valence-electron chi connectivity index (χ2n) is 4.95. The van der Waals surface area contributed by atoms with Crippen LogP contribution in [-0.2, 0) is 14.3 Å². The van der Waals surface area contributed by atoms with Crippen molar-refractivity contribution >= 4 is 12.1 Å². The minimum absolute atomic E-state index is 0.321. The van der Waals surface area contributed by atoms with E-state index < -0.39 is 11.5 Å². The molecule has 0 atom stereocenters. The molecule has 6 heteroatoms. The van der Waals surface area contributed by atoms with E-state index in [4.69, 9.17) is 9.47 Å². The largest absolute Gasteiger partial charge is 0.427 e. The van der Waals surface area contributed by atoms with Crippen LogP contribution in [0.5, 0.6) is 0 Å². The van der Waals surface area contributed by atoms with E-state index in [-0.39, 0.29) is 12.8 Å². The zero-order chi connectivity index (χ0) is 14.9. The van der Waals surface area contributed by atoms with Gasteiger partial charge in [0.15, 0.2) is 0 Å². The Hall–Kier alpha value is -1.30. The van der Waals surface area contributed by atoms with Crippen LogP contribution < -0.4 is 5.32 Å². The third-order valence-corrected chi connectivity index (χ3v) is 2.36. The van der Waals surface area contributed by atoms with Crippen LogP contribution in [0.15, 0.2) is 0 Å². The molecule has 0 unspecified atom stereocenters. The average molecular weight is 274 g/mol. The molecule has 112 valence electrons. The zero-order valence-corrected chi connectivity index (χ0v) is 12.6. The minimum atomic E-state index is -0.582. The van der Waals surface area contributed by atoms with E-state index in [1.807, 2.05) is 13.8 Å². The molecule has 1 amide bonds. The van der Waals surface area contributed by atoms with Crippen LogP contribution in [-0.4, -0.2) is 49.9 Å². The molecule has 1 rings (SSSR count). The molecule has 0 aromatic heterocycles. The van der Waals surface area contributed by atoms with E-state index in [0.717, 1.165) is 13.1 Å². The van der Waals surface area contributed by atoms with Gasteiger partial charge in [0.25, 0.3) is 0 Å². The van der Waals surface area contributed by atoms with E-state index >= 15 is 0 Å². The van der Waals surface area contributed by atoms with Crippen molar-refractivity contribution in [2.45, 2.75) is 34.6 Å². The molecule has 1 saturated heterocycles.